The molecule has 204 valence electrons. The number of carbonyl (C=O) groups excluding carboxylic acids is 2. The monoisotopic (exact) mass is 533 g/mol. The molecular weight excluding hydrogens is 500 g/mol. The number of ketones is 1. The van der Waals surface area contributed by atoms with Gasteiger partial charge in [-0.05, 0) is 89.0 Å². The fourth-order valence-corrected chi connectivity index (χ4v) is 5.59. The number of fused-ring (bicyclic) bond motifs is 1. The maximum absolute atomic E-state index is 15.1. The summed E-state index contributed by atoms with van der Waals surface area (Å²) in [5.74, 6) is -1.76. The van der Waals surface area contributed by atoms with E-state index in [0.717, 1.165) is 79.1 Å². The summed E-state index contributed by atoms with van der Waals surface area (Å²) < 4.78 is 37.2. The molecule has 0 radical (unpaired) electrons. The van der Waals surface area contributed by atoms with Crippen molar-refractivity contribution < 1.29 is 23.1 Å². The Balaban J connectivity index is 1.32. The molecule has 39 heavy (non-hydrogen) atoms. The minimum Gasteiger partial charge on any atom is -0.460 e. The normalized spacial score (nSPS) is 20.7. The van der Waals surface area contributed by atoms with Gasteiger partial charge in [0, 0.05) is 17.0 Å². The van der Waals surface area contributed by atoms with Gasteiger partial charge in [-0.15, -0.1) is 0 Å². The molecule has 0 saturated heterocycles. The number of ether oxygens (including phenoxy) is 1. The Morgan fingerprint density at radius 3 is 2.44 bits per heavy atom. The van der Waals surface area contributed by atoms with Crippen molar-refractivity contribution in [3.05, 3.63) is 71.1 Å². The van der Waals surface area contributed by atoms with Crippen LogP contribution >= 0.6 is 0 Å². The van der Waals surface area contributed by atoms with Crippen molar-refractivity contribution >= 4 is 22.7 Å². The van der Waals surface area contributed by atoms with Crippen molar-refractivity contribution in [3.8, 4) is 11.3 Å². The second-order valence-corrected chi connectivity index (χ2v) is 11.1. The van der Waals surface area contributed by atoms with Crippen LogP contribution in [0.2, 0.25) is 0 Å². The van der Waals surface area contributed by atoms with Gasteiger partial charge >= 0.3 is 5.97 Å². The fourth-order valence-electron chi connectivity index (χ4n) is 5.59. The largest absolute Gasteiger partial charge is 0.460 e. The molecule has 0 spiro atoms. The lowest BCUT2D eigenvalue weighted by Crippen LogP contribution is -2.16. The van der Waals surface area contributed by atoms with E-state index in [0.29, 0.717) is 5.92 Å². The Morgan fingerprint density at radius 1 is 1.00 bits per heavy atom. The smallest absolute Gasteiger partial charge is 0.330 e. The predicted molar refractivity (Wildman–Crippen MR) is 145 cm³/mol. The zero-order valence-corrected chi connectivity index (χ0v) is 22.5. The van der Waals surface area contributed by atoms with Crippen molar-refractivity contribution in [1.82, 2.24) is 14.8 Å². The van der Waals surface area contributed by atoms with Crippen LogP contribution in [0.4, 0.5) is 8.78 Å². The molecule has 0 bridgehead atoms. The zero-order valence-electron chi connectivity index (χ0n) is 22.5. The Kier molecular flexibility index (Phi) is 7.73. The third-order valence-corrected chi connectivity index (χ3v) is 7.60. The standard InChI is InChI=1S/C31H33F2N3O3/c1-18(2)39-31(38)12-20-6-8-23(9-7-20)36-29-17-34-28(13-22(29)16-35-36)24-14-27(33)25(15-26(24)32)30(37)11-21-5-4-19(3)10-21/h11-19,23H,4-10H2,1-3H3. The summed E-state index contributed by atoms with van der Waals surface area (Å²) in [7, 11) is 0. The first-order valence-electron chi connectivity index (χ1n) is 13.6. The lowest BCUT2D eigenvalue weighted by atomic mass is 9.90. The number of hydrogen-bond acceptors (Lipinski definition) is 5. The number of rotatable bonds is 6. The summed E-state index contributed by atoms with van der Waals surface area (Å²) >= 11 is 0. The summed E-state index contributed by atoms with van der Waals surface area (Å²) in [6, 6.07) is 3.86. The number of halogens is 2. The number of esters is 1. The van der Waals surface area contributed by atoms with Crippen LogP contribution in [0.3, 0.4) is 0 Å². The second-order valence-electron chi connectivity index (χ2n) is 11.1. The van der Waals surface area contributed by atoms with Gasteiger partial charge in [-0.3, -0.25) is 14.5 Å². The van der Waals surface area contributed by atoms with E-state index in [1.165, 1.54) is 6.08 Å². The van der Waals surface area contributed by atoms with E-state index in [1.807, 2.05) is 18.5 Å². The van der Waals surface area contributed by atoms with Gasteiger partial charge in [0.1, 0.15) is 11.6 Å². The third-order valence-electron chi connectivity index (χ3n) is 7.60. The van der Waals surface area contributed by atoms with Crippen LogP contribution in [-0.2, 0) is 9.53 Å². The molecule has 2 fully saturated rings. The maximum Gasteiger partial charge on any atom is 0.330 e. The van der Waals surface area contributed by atoms with Crippen LogP contribution in [0.15, 0.2) is 53.9 Å². The number of pyridine rings is 1. The molecule has 0 amide bonds. The van der Waals surface area contributed by atoms with Gasteiger partial charge < -0.3 is 4.74 Å². The second kappa shape index (κ2) is 11.2. The number of hydrogen-bond donors (Lipinski definition) is 0. The Morgan fingerprint density at radius 2 is 1.74 bits per heavy atom. The minimum atomic E-state index is -0.764. The van der Waals surface area contributed by atoms with Crippen LogP contribution in [0.5, 0.6) is 0 Å². The molecule has 1 aromatic carbocycles. The van der Waals surface area contributed by atoms with Crippen molar-refractivity contribution in [1.29, 1.82) is 0 Å². The number of aromatic nitrogens is 3. The van der Waals surface area contributed by atoms with Gasteiger partial charge in [0.05, 0.1) is 41.3 Å². The molecule has 8 heteroatoms. The van der Waals surface area contributed by atoms with Crippen LogP contribution in [0.1, 0.15) is 82.1 Å². The summed E-state index contributed by atoms with van der Waals surface area (Å²) in [4.78, 5) is 29.0. The van der Waals surface area contributed by atoms with E-state index in [1.54, 1.807) is 24.5 Å². The first-order chi connectivity index (χ1) is 18.7. The first kappa shape index (κ1) is 26.9. The molecule has 2 aliphatic carbocycles. The quantitative estimate of drug-likeness (QED) is 0.189. The lowest BCUT2D eigenvalue weighted by molar-refractivity contribution is -0.141. The predicted octanol–water partition coefficient (Wildman–Crippen LogP) is 7.30. The summed E-state index contributed by atoms with van der Waals surface area (Å²) in [6.45, 7) is 5.77. The molecule has 2 heterocycles. The highest BCUT2D eigenvalue weighted by Crippen LogP contribution is 2.35. The molecule has 5 rings (SSSR count). The van der Waals surface area contributed by atoms with E-state index in [-0.39, 0.29) is 34.9 Å². The fraction of sp³-hybridized carbons (Fsp3) is 0.419. The molecule has 6 nitrogen and oxygen atoms in total. The highest BCUT2D eigenvalue weighted by Gasteiger charge is 2.23. The van der Waals surface area contributed by atoms with E-state index < -0.39 is 17.4 Å². The van der Waals surface area contributed by atoms with Crippen molar-refractivity contribution in [2.75, 3.05) is 0 Å². The third kappa shape index (κ3) is 6.00. The number of benzene rings is 1. The first-order valence-corrected chi connectivity index (χ1v) is 13.6. The molecule has 1 unspecified atom stereocenters. The topological polar surface area (TPSA) is 74.1 Å². The molecule has 2 aromatic heterocycles. The van der Waals surface area contributed by atoms with Crippen LogP contribution in [-0.4, -0.2) is 32.6 Å². The van der Waals surface area contributed by atoms with E-state index in [4.69, 9.17) is 4.74 Å². The summed E-state index contributed by atoms with van der Waals surface area (Å²) in [6.07, 6.45) is 12.1. The highest BCUT2D eigenvalue weighted by atomic mass is 19.1. The minimum absolute atomic E-state index is 0.00145. The van der Waals surface area contributed by atoms with Gasteiger partial charge in [0.25, 0.3) is 0 Å². The van der Waals surface area contributed by atoms with Crippen molar-refractivity contribution in [2.24, 2.45) is 5.92 Å². The van der Waals surface area contributed by atoms with Gasteiger partial charge in [0.15, 0.2) is 5.78 Å². The molecule has 2 saturated carbocycles. The Bertz CT molecular complexity index is 1480. The van der Waals surface area contributed by atoms with E-state index in [2.05, 4.69) is 17.0 Å². The Labute approximate surface area is 226 Å². The van der Waals surface area contributed by atoms with Crippen molar-refractivity contribution in [3.63, 3.8) is 0 Å². The van der Waals surface area contributed by atoms with Crippen LogP contribution in [0, 0.1) is 17.6 Å². The summed E-state index contributed by atoms with van der Waals surface area (Å²) in [5.41, 5.74) is 2.88. The average Bonchev–Trinajstić information content (AvgIpc) is 3.50. The molecule has 0 N–H and O–H groups in total. The maximum atomic E-state index is 15.1. The molecular formula is C31H33F2N3O3. The Hall–Kier alpha value is -3.68. The van der Waals surface area contributed by atoms with E-state index >= 15 is 4.39 Å². The molecule has 2 aliphatic rings. The highest BCUT2D eigenvalue weighted by molar-refractivity contribution is 6.05. The number of carbonyl (C=O) groups is 2. The van der Waals surface area contributed by atoms with E-state index in [9.17, 15) is 14.0 Å². The van der Waals surface area contributed by atoms with Gasteiger partial charge in [-0.2, -0.15) is 5.10 Å². The van der Waals surface area contributed by atoms with Crippen LogP contribution < -0.4 is 0 Å². The molecule has 0 aliphatic heterocycles. The number of nitrogens with zero attached hydrogens (tertiary/aromatic N) is 3. The molecule has 3 aromatic rings. The van der Waals surface area contributed by atoms with Crippen molar-refractivity contribution in [2.45, 2.75) is 77.9 Å². The number of allylic oxidation sites excluding steroid dienone is 3. The van der Waals surface area contributed by atoms with Gasteiger partial charge in [-0.1, -0.05) is 18.1 Å². The lowest BCUT2D eigenvalue weighted by Gasteiger charge is -2.25. The van der Waals surface area contributed by atoms with Gasteiger partial charge in [-0.25, -0.2) is 13.6 Å². The van der Waals surface area contributed by atoms with Gasteiger partial charge in [0.2, 0.25) is 0 Å². The zero-order chi connectivity index (χ0) is 27.7. The molecule has 1 atom stereocenters. The van der Waals surface area contributed by atoms with Crippen LogP contribution in [0.25, 0.3) is 22.2 Å². The summed E-state index contributed by atoms with van der Waals surface area (Å²) in [5, 5.41) is 5.32. The average molecular weight is 534 g/mol. The SMILES string of the molecule is CC1CCC(=CC(=O)c2cc(F)c(-c3cc4cnn(C5CCC(=CC(=O)OC(C)C)CC5)c4cn3)cc2F)C1.